The van der Waals surface area contributed by atoms with Gasteiger partial charge in [0.15, 0.2) is 11.6 Å². The molecule has 30 heavy (non-hydrogen) atoms. The molecular formula is C23H17N3O3S. The Morgan fingerprint density at radius 2 is 1.83 bits per heavy atom. The lowest BCUT2D eigenvalue weighted by Crippen LogP contribution is -1.93. The molecule has 0 N–H and O–H groups in total. The first-order valence-corrected chi connectivity index (χ1v) is 10.3. The van der Waals surface area contributed by atoms with Gasteiger partial charge in [-0.25, -0.2) is 9.97 Å². The van der Waals surface area contributed by atoms with Crippen LogP contribution in [0.25, 0.3) is 33.7 Å². The lowest BCUT2D eigenvalue weighted by molar-refractivity contribution is 0.395. The maximum atomic E-state index is 5.57. The Balaban J connectivity index is 1.44. The number of hydrogen-bond donors (Lipinski definition) is 0. The van der Waals surface area contributed by atoms with Gasteiger partial charge in [-0.05, 0) is 30.3 Å². The number of furan rings is 1. The molecule has 0 unspecified atom stereocenters. The van der Waals surface area contributed by atoms with Crippen molar-refractivity contribution in [3.8, 4) is 28.6 Å². The summed E-state index contributed by atoms with van der Waals surface area (Å²) in [6, 6.07) is 21.3. The van der Waals surface area contributed by atoms with Crippen LogP contribution in [-0.2, 0) is 5.75 Å². The van der Waals surface area contributed by atoms with Gasteiger partial charge in [0.25, 0.3) is 0 Å². The number of fused-ring (bicyclic) bond motifs is 1. The van der Waals surface area contributed by atoms with Crippen LogP contribution in [-0.4, -0.2) is 22.2 Å². The summed E-state index contributed by atoms with van der Waals surface area (Å²) in [5.74, 6) is 3.30. The van der Waals surface area contributed by atoms with E-state index in [1.54, 1.807) is 25.1 Å². The highest BCUT2D eigenvalue weighted by molar-refractivity contribution is 7.98. The lowest BCUT2D eigenvalue weighted by Gasteiger charge is -2.06. The molecule has 3 aromatic heterocycles. The van der Waals surface area contributed by atoms with Crippen LogP contribution in [0.5, 0.6) is 5.75 Å². The van der Waals surface area contributed by atoms with Gasteiger partial charge in [-0.15, -0.1) is 0 Å². The zero-order valence-corrected chi connectivity index (χ0v) is 16.9. The van der Waals surface area contributed by atoms with Crippen molar-refractivity contribution in [1.29, 1.82) is 0 Å². The molecule has 2 aromatic carbocycles. The summed E-state index contributed by atoms with van der Waals surface area (Å²) >= 11 is 1.58. The second kappa shape index (κ2) is 8.04. The highest BCUT2D eigenvalue weighted by atomic mass is 32.2. The van der Waals surface area contributed by atoms with Crippen molar-refractivity contribution in [3.05, 3.63) is 78.8 Å². The number of hydrogen-bond acceptors (Lipinski definition) is 7. The van der Waals surface area contributed by atoms with Gasteiger partial charge in [0.05, 0.1) is 24.6 Å². The minimum absolute atomic E-state index is 0.563. The Labute approximate surface area is 176 Å². The fraction of sp³-hybridized carbons (Fsp3) is 0.0870. The molecule has 3 heterocycles. The smallest absolute Gasteiger partial charge is 0.197 e. The number of methoxy groups -OCH3 is 1. The van der Waals surface area contributed by atoms with Crippen LogP contribution in [0.15, 0.2) is 87.0 Å². The molecule has 7 heteroatoms. The molecule has 6 nitrogen and oxygen atoms in total. The van der Waals surface area contributed by atoms with E-state index >= 15 is 0 Å². The summed E-state index contributed by atoms with van der Waals surface area (Å²) in [6.07, 6.45) is 1.62. The highest BCUT2D eigenvalue weighted by Gasteiger charge is 2.14. The van der Waals surface area contributed by atoms with Crippen LogP contribution in [0.1, 0.15) is 5.76 Å². The Kier molecular flexibility index (Phi) is 4.94. The SMILES string of the molecule is COc1ccccc1-c1cc(CSc2nc(-c3ccco3)nc3ccccc23)on1. The van der Waals surface area contributed by atoms with Crippen molar-refractivity contribution < 1.29 is 13.7 Å². The lowest BCUT2D eigenvalue weighted by atomic mass is 10.1. The van der Waals surface area contributed by atoms with Crippen molar-refractivity contribution in [2.45, 2.75) is 10.8 Å². The molecule has 0 radical (unpaired) electrons. The van der Waals surface area contributed by atoms with Crippen molar-refractivity contribution in [2.24, 2.45) is 0 Å². The fourth-order valence-electron chi connectivity index (χ4n) is 3.18. The molecule has 0 bridgehead atoms. The quantitative estimate of drug-likeness (QED) is 0.254. The van der Waals surface area contributed by atoms with Gasteiger partial charge in [-0.1, -0.05) is 47.3 Å². The Morgan fingerprint density at radius 3 is 2.70 bits per heavy atom. The van der Waals surface area contributed by atoms with Gasteiger partial charge < -0.3 is 13.7 Å². The molecule has 0 amide bonds. The number of ether oxygens (including phenoxy) is 1. The minimum Gasteiger partial charge on any atom is -0.496 e. The van der Waals surface area contributed by atoms with E-state index in [-0.39, 0.29) is 0 Å². The van der Waals surface area contributed by atoms with E-state index in [0.717, 1.165) is 38.7 Å². The summed E-state index contributed by atoms with van der Waals surface area (Å²) in [6.45, 7) is 0. The van der Waals surface area contributed by atoms with Crippen molar-refractivity contribution in [1.82, 2.24) is 15.1 Å². The summed E-state index contributed by atoms with van der Waals surface area (Å²) in [5.41, 5.74) is 2.51. The van der Waals surface area contributed by atoms with Crippen molar-refractivity contribution in [3.63, 3.8) is 0 Å². The van der Waals surface area contributed by atoms with E-state index in [1.165, 1.54) is 0 Å². The Bertz CT molecular complexity index is 1300. The third-order valence-electron chi connectivity index (χ3n) is 4.60. The monoisotopic (exact) mass is 415 g/mol. The van der Waals surface area contributed by atoms with Gasteiger partial charge in [0.1, 0.15) is 22.2 Å². The predicted molar refractivity (Wildman–Crippen MR) is 115 cm³/mol. The molecular weight excluding hydrogens is 398 g/mol. The van der Waals surface area contributed by atoms with Gasteiger partial charge in [-0.3, -0.25) is 0 Å². The van der Waals surface area contributed by atoms with E-state index in [1.807, 2.05) is 66.7 Å². The van der Waals surface area contributed by atoms with Crippen LogP contribution >= 0.6 is 11.8 Å². The number of thioether (sulfide) groups is 1. The summed E-state index contributed by atoms with van der Waals surface area (Å²) in [7, 11) is 1.65. The first-order chi connectivity index (χ1) is 14.8. The first kappa shape index (κ1) is 18.4. The first-order valence-electron chi connectivity index (χ1n) is 9.34. The second-order valence-corrected chi connectivity index (χ2v) is 7.48. The second-order valence-electron chi connectivity index (χ2n) is 6.51. The Hall–Kier alpha value is -3.58. The molecule has 5 rings (SSSR count). The molecule has 0 saturated heterocycles. The normalized spacial score (nSPS) is 11.1. The van der Waals surface area contributed by atoms with Gasteiger partial charge in [0.2, 0.25) is 0 Å². The third kappa shape index (κ3) is 3.55. The maximum absolute atomic E-state index is 5.57. The number of nitrogens with zero attached hydrogens (tertiary/aromatic N) is 3. The number of aromatic nitrogens is 3. The summed E-state index contributed by atoms with van der Waals surface area (Å²) in [4.78, 5) is 9.36. The van der Waals surface area contributed by atoms with Crippen LogP contribution in [0.3, 0.4) is 0 Å². The Morgan fingerprint density at radius 1 is 0.967 bits per heavy atom. The standard InChI is InChI=1S/C23H17N3O3S/c1-27-20-10-5-3-7-16(20)19-13-15(29-26-19)14-30-23-17-8-2-4-9-18(17)24-22(25-23)21-11-6-12-28-21/h2-13H,14H2,1H3. The van der Waals surface area contributed by atoms with Crippen LogP contribution in [0, 0.1) is 0 Å². The summed E-state index contributed by atoms with van der Waals surface area (Å²) in [5, 5.41) is 6.06. The van der Waals surface area contributed by atoms with E-state index in [2.05, 4.69) is 10.1 Å². The molecule has 0 spiro atoms. The van der Waals surface area contributed by atoms with Crippen LogP contribution < -0.4 is 4.74 Å². The average Bonchev–Trinajstić information content (AvgIpc) is 3.50. The molecule has 0 fully saturated rings. The van der Waals surface area contributed by atoms with Crippen molar-refractivity contribution in [2.75, 3.05) is 7.11 Å². The van der Waals surface area contributed by atoms with Crippen LogP contribution in [0.4, 0.5) is 0 Å². The largest absolute Gasteiger partial charge is 0.496 e. The maximum Gasteiger partial charge on any atom is 0.197 e. The fourth-order valence-corrected chi connectivity index (χ4v) is 4.07. The van der Waals surface area contributed by atoms with Gasteiger partial charge in [-0.2, -0.15) is 0 Å². The number of benzene rings is 2. The molecule has 0 aliphatic rings. The van der Waals surface area contributed by atoms with E-state index in [9.17, 15) is 0 Å². The number of rotatable bonds is 6. The predicted octanol–water partition coefficient (Wildman–Crippen LogP) is 5.85. The molecule has 0 saturated carbocycles. The van der Waals surface area contributed by atoms with Gasteiger partial charge >= 0.3 is 0 Å². The third-order valence-corrected chi connectivity index (χ3v) is 5.62. The molecule has 0 aliphatic carbocycles. The van der Waals surface area contributed by atoms with Gasteiger partial charge in [0, 0.05) is 17.0 Å². The molecule has 0 atom stereocenters. The topological polar surface area (TPSA) is 74.2 Å². The molecule has 5 aromatic rings. The van der Waals surface area contributed by atoms with Crippen LogP contribution in [0.2, 0.25) is 0 Å². The van der Waals surface area contributed by atoms with E-state index < -0.39 is 0 Å². The highest BCUT2D eigenvalue weighted by Crippen LogP contribution is 2.33. The minimum atomic E-state index is 0.563. The average molecular weight is 415 g/mol. The van der Waals surface area contributed by atoms with Crippen molar-refractivity contribution >= 4 is 22.7 Å². The van der Waals surface area contributed by atoms with E-state index in [0.29, 0.717) is 17.3 Å². The molecule has 148 valence electrons. The number of para-hydroxylation sites is 2. The zero-order valence-electron chi connectivity index (χ0n) is 16.1. The molecule has 0 aliphatic heterocycles. The zero-order chi connectivity index (χ0) is 20.3. The summed E-state index contributed by atoms with van der Waals surface area (Å²) < 4.78 is 16.5. The van der Waals surface area contributed by atoms with E-state index in [4.69, 9.17) is 18.7 Å².